The minimum atomic E-state index is -4.34. The molecule has 2 aliphatic rings. The van der Waals surface area contributed by atoms with Crippen LogP contribution >= 0.6 is 0 Å². The second kappa shape index (κ2) is 6.11. The Hall–Kier alpha value is -0.780. The fourth-order valence-electron chi connectivity index (χ4n) is 3.11. The first-order valence-electron chi connectivity index (χ1n) is 7.06. The summed E-state index contributed by atoms with van der Waals surface area (Å²) < 4.78 is 39.2. The molecule has 2 fully saturated rings. The Labute approximate surface area is 111 Å². The van der Waals surface area contributed by atoms with Crippen LogP contribution in [0.4, 0.5) is 13.2 Å². The number of piperidine rings is 1. The molecule has 110 valence electrons. The lowest BCUT2D eigenvalue weighted by Crippen LogP contribution is -2.52. The number of hydrogen-bond donors (Lipinski definition) is 2. The highest BCUT2D eigenvalue weighted by Gasteiger charge is 2.46. The minimum absolute atomic E-state index is 0.271. The van der Waals surface area contributed by atoms with E-state index < -0.39 is 24.0 Å². The smallest absolute Gasteiger partial charge is 0.344 e. The molecule has 2 rings (SSSR count). The summed E-state index contributed by atoms with van der Waals surface area (Å²) >= 11 is 0. The molecule has 6 heteroatoms. The highest BCUT2D eigenvalue weighted by molar-refractivity contribution is 5.79. The summed E-state index contributed by atoms with van der Waals surface area (Å²) in [7, 11) is 0. The number of carbonyl (C=O) groups excluding carboxylic acids is 1. The summed E-state index contributed by atoms with van der Waals surface area (Å²) in [5.74, 6) is -1.13. The molecule has 1 atom stereocenters. The van der Waals surface area contributed by atoms with E-state index in [1.807, 2.05) is 0 Å². The molecule has 0 aromatic heterocycles. The molecule has 2 N–H and O–H groups in total. The second-order valence-electron chi connectivity index (χ2n) is 5.60. The lowest BCUT2D eigenvalue weighted by atomic mass is 9.93. The van der Waals surface area contributed by atoms with E-state index in [9.17, 15) is 18.0 Å². The minimum Gasteiger partial charge on any atom is -0.344 e. The van der Waals surface area contributed by atoms with Gasteiger partial charge in [0.2, 0.25) is 5.91 Å². The molecular weight excluding hydrogens is 257 g/mol. The average molecular weight is 278 g/mol. The first-order chi connectivity index (χ1) is 8.98. The summed E-state index contributed by atoms with van der Waals surface area (Å²) in [6.07, 6.45) is -0.284. The summed E-state index contributed by atoms with van der Waals surface area (Å²) in [5, 5.41) is 5.38. The number of hydrogen-bond acceptors (Lipinski definition) is 2. The van der Waals surface area contributed by atoms with Gasteiger partial charge < -0.3 is 10.6 Å². The van der Waals surface area contributed by atoms with Crippen molar-refractivity contribution in [3.8, 4) is 0 Å². The maximum atomic E-state index is 13.1. The first kappa shape index (κ1) is 14.6. The summed E-state index contributed by atoms with van der Waals surface area (Å²) in [4.78, 5) is 12.0. The van der Waals surface area contributed by atoms with Gasteiger partial charge >= 0.3 is 6.18 Å². The summed E-state index contributed by atoms with van der Waals surface area (Å²) in [5.41, 5.74) is 0. The van der Waals surface area contributed by atoms with E-state index in [2.05, 4.69) is 10.6 Å². The molecule has 1 unspecified atom stereocenters. The highest BCUT2D eigenvalue weighted by atomic mass is 19.4. The number of alkyl halides is 3. The molecule has 0 aromatic rings. The van der Waals surface area contributed by atoms with Crippen LogP contribution < -0.4 is 10.6 Å². The number of halogens is 3. The molecule has 19 heavy (non-hydrogen) atoms. The summed E-state index contributed by atoms with van der Waals surface area (Å²) in [6.45, 7) is 1.41. The Bertz CT molecular complexity index is 308. The second-order valence-corrected chi connectivity index (χ2v) is 5.60. The number of nitrogens with one attached hydrogen (secondary N) is 2. The molecule has 0 spiro atoms. The van der Waals surface area contributed by atoms with Crippen molar-refractivity contribution in [2.45, 2.75) is 50.7 Å². The van der Waals surface area contributed by atoms with E-state index in [1.165, 1.54) is 0 Å². The normalized spacial score (nSPS) is 24.4. The fraction of sp³-hybridized carbons (Fsp3) is 0.923. The predicted octanol–water partition coefficient (Wildman–Crippen LogP) is 2.22. The monoisotopic (exact) mass is 278 g/mol. The van der Waals surface area contributed by atoms with Crippen LogP contribution in [0.2, 0.25) is 0 Å². The quantitative estimate of drug-likeness (QED) is 0.831. The zero-order valence-electron chi connectivity index (χ0n) is 10.9. The summed E-state index contributed by atoms with van der Waals surface area (Å²) in [6, 6.07) is -1.66. The van der Waals surface area contributed by atoms with Gasteiger partial charge in [-0.2, -0.15) is 13.2 Å². The standard InChI is InChI=1S/C13H21F3N2O/c14-13(15,16)11(9-3-1-2-4-9)18-12(19)10-5-7-17-8-6-10/h9-11,17H,1-8H2,(H,18,19). The van der Waals surface area contributed by atoms with Gasteiger partial charge in [0.05, 0.1) is 0 Å². The predicted molar refractivity (Wildman–Crippen MR) is 65.5 cm³/mol. The van der Waals surface area contributed by atoms with Crippen molar-refractivity contribution >= 4 is 5.91 Å². The van der Waals surface area contributed by atoms with Crippen molar-refractivity contribution in [2.75, 3.05) is 13.1 Å². The first-order valence-corrected chi connectivity index (χ1v) is 7.06. The number of carbonyl (C=O) groups is 1. The van der Waals surface area contributed by atoms with Gasteiger partial charge in [0, 0.05) is 5.92 Å². The highest BCUT2D eigenvalue weighted by Crippen LogP contribution is 2.36. The lowest BCUT2D eigenvalue weighted by molar-refractivity contribution is -0.173. The van der Waals surface area contributed by atoms with Crippen molar-refractivity contribution in [1.29, 1.82) is 0 Å². The van der Waals surface area contributed by atoms with E-state index in [0.717, 1.165) is 12.8 Å². The molecule has 3 nitrogen and oxygen atoms in total. The Morgan fingerprint density at radius 3 is 2.21 bits per heavy atom. The van der Waals surface area contributed by atoms with Crippen LogP contribution in [0.1, 0.15) is 38.5 Å². The van der Waals surface area contributed by atoms with Crippen molar-refractivity contribution in [3.63, 3.8) is 0 Å². The van der Waals surface area contributed by atoms with E-state index in [1.54, 1.807) is 0 Å². The molecule has 1 saturated carbocycles. The van der Waals surface area contributed by atoms with Crippen LogP contribution in [0.15, 0.2) is 0 Å². The molecule has 1 heterocycles. The molecule has 1 saturated heterocycles. The zero-order chi connectivity index (χ0) is 13.9. The van der Waals surface area contributed by atoms with Gasteiger partial charge in [0.1, 0.15) is 6.04 Å². The molecule has 0 aromatic carbocycles. The Kier molecular flexibility index (Phi) is 4.71. The zero-order valence-corrected chi connectivity index (χ0v) is 10.9. The Morgan fingerprint density at radius 2 is 1.68 bits per heavy atom. The molecule has 1 amide bonds. The van der Waals surface area contributed by atoms with Gasteiger partial charge in [-0.05, 0) is 44.7 Å². The SMILES string of the molecule is O=C(NC(C1CCCC1)C(F)(F)F)C1CCNCC1. The van der Waals surface area contributed by atoms with E-state index >= 15 is 0 Å². The van der Waals surface area contributed by atoms with Gasteiger partial charge in [0.25, 0.3) is 0 Å². The van der Waals surface area contributed by atoms with Crippen LogP contribution in [0.25, 0.3) is 0 Å². The largest absolute Gasteiger partial charge is 0.408 e. The fourth-order valence-corrected chi connectivity index (χ4v) is 3.11. The van der Waals surface area contributed by atoms with Gasteiger partial charge in [0.15, 0.2) is 0 Å². The third kappa shape index (κ3) is 3.84. The van der Waals surface area contributed by atoms with Gasteiger partial charge in [-0.25, -0.2) is 0 Å². The van der Waals surface area contributed by atoms with Crippen LogP contribution in [0.5, 0.6) is 0 Å². The van der Waals surface area contributed by atoms with E-state index in [-0.39, 0.29) is 5.92 Å². The van der Waals surface area contributed by atoms with Crippen molar-refractivity contribution < 1.29 is 18.0 Å². The van der Waals surface area contributed by atoms with Gasteiger partial charge in [-0.15, -0.1) is 0 Å². The molecule has 0 radical (unpaired) electrons. The van der Waals surface area contributed by atoms with Crippen molar-refractivity contribution in [1.82, 2.24) is 10.6 Å². The lowest BCUT2D eigenvalue weighted by Gasteiger charge is -2.30. The maximum absolute atomic E-state index is 13.1. The number of amides is 1. The molecule has 1 aliphatic carbocycles. The van der Waals surface area contributed by atoms with Crippen molar-refractivity contribution in [2.24, 2.45) is 11.8 Å². The third-order valence-corrected chi connectivity index (χ3v) is 4.23. The van der Waals surface area contributed by atoms with E-state index in [4.69, 9.17) is 0 Å². The van der Waals surface area contributed by atoms with Gasteiger partial charge in [-0.3, -0.25) is 4.79 Å². The Morgan fingerprint density at radius 1 is 1.11 bits per heavy atom. The molecule has 1 aliphatic heterocycles. The Balaban J connectivity index is 1.96. The topological polar surface area (TPSA) is 41.1 Å². The van der Waals surface area contributed by atoms with Crippen LogP contribution in [0.3, 0.4) is 0 Å². The number of rotatable bonds is 3. The molecular formula is C13H21F3N2O. The van der Waals surface area contributed by atoms with Crippen molar-refractivity contribution in [3.05, 3.63) is 0 Å². The average Bonchev–Trinajstić information content (AvgIpc) is 2.88. The van der Waals surface area contributed by atoms with Crippen LogP contribution in [0, 0.1) is 11.8 Å². The molecule has 0 bridgehead atoms. The third-order valence-electron chi connectivity index (χ3n) is 4.23. The van der Waals surface area contributed by atoms with Gasteiger partial charge in [-0.1, -0.05) is 12.8 Å². The van der Waals surface area contributed by atoms with Crippen LogP contribution in [-0.4, -0.2) is 31.2 Å². The van der Waals surface area contributed by atoms with Crippen LogP contribution in [-0.2, 0) is 4.79 Å². The van der Waals surface area contributed by atoms with E-state index in [0.29, 0.717) is 38.8 Å². The maximum Gasteiger partial charge on any atom is 0.408 e.